The van der Waals surface area contributed by atoms with E-state index in [0.29, 0.717) is 11.8 Å². The van der Waals surface area contributed by atoms with Crippen LogP contribution in [0.5, 0.6) is 0 Å². The molecule has 1 fully saturated rings. The molecule has 1 aliphatic carbocycles. The minimum absolute atomic E-state index is 0. The molecular formula is C31H40HfN2-4. The predicted octanol–water partition coefficient (Wildman–Crippen LogP) is 9.29. The van der Waals surface area contributed by atoms with Gasteiger partial charge in [-0.2, -0.15) is 6.42 Å². The van der Waals surface area contributed by atoms with Crippen LogP contribution in [-0.2, 0) is 25.8 Å². The fraction of sp³-hybridized carbons (Fsp3) is 0.355. The van der Waals surface area contributed by atoms with Crippen molar-refractivity contribution < 1.29 is 25.8 Å². The number of aryl methyl sites for hydroxylation is 3. The summed E-state index contributed by atoms with van der Waals surface area (Å²) in [4.78, 5) is 5.18. The Morgan fingerprint density at radius 3 is 2.15 bits per heavy atom. The number of nitrogens with zero attached hydrogens (tertiary/aromatic N) is 2. The molecule has 2 aromatic carbocycles. The van der Waals surface area contributed by atoms with Crippen molar-refractivity contribution in [2.75, 3.05) is 0 Å². The van der Waals surface area contributed by atoms with Gasteiger partial charge in [-0.05, 0) is 50.4 Å². The average molecular weight is 619 g/mol. The first-order valence-electron chi connectivity index (χ1n) is 11.6. The fourth-order valence-corrected chi connectivity index (χ4v) is 4.96. The molecular weight excluding hydrogens is 579 g/mol. The van der Waals surface area contributed by atoms with E-state index in [0.717, 1.165) is 11.4 Å². The van der Waals surface area contributed by atoms with Crippen LogP contribution in [0.15, 0.2) is 54.6 Å². The van der Waals surface area contributed by atoms with Crippen LogP contribution in [0.1, 0.15) is 90.2 Å². The second-order valence-electron chi connectivity index (χ2n) is 9.32. The molecule has 0 aliphatic heterocycles. The molecule has 0 radical (unpaired) electrons. The van der Waals surface area contributed by atoms with Crippen LogP contribution in [0, 0.1) is 42.0 Å². The van der Waals surface area contributed by atoms with E-state index in [1.807, 2.05) is 0 Å². The van der Waals surface area contributed by atoms with Gasteiger partial charge in [0.05, 0.1) is 0 Å². The second kappa shape index (κ2) is 13.4. The van der Waals surface area contributed by atoms with Gasteiger partial charge in [-0.1, -0.05) is 91.4 Å². The first-order valence-corrected chi connectivity index (χ1v) is 11.6. The van der Waals surface area contributed by atoms with Gasteiger partial charge in [0.1, 0.15) is 0 Å². The normalized spacial score (nSPS) is 15.6. The Labute approximate surface area is 227 Å². The van der Waals surface area contributed by atoms with Crippen molar-refractivity contribution in [3.05, 3.63) is 120 Å². The molecule has 2 nitrogen and oxygen atoms in total. The monoisotopic (exact) mass is 620 g/mol. The van der Waals surface area contributed by atoms with Gasteiger partial charge in [-0.3, -0.25) is 4.98 Å². The molecule has 0 N–H and O–H groups in total. The van der Waals surface area contributed by atoms with Crippen molar-refractivity contribution in [1.29, 1.82) is 0 Å². The van der Waals surface area contributed by atoms with E-state index < -0.39 is 0 Å². The van der Waals surface area contributed by atoms with Gasteiger partial charge in [0.25, 0.3) is 0 Å². The number of hydrogen-bond acceptors (Lipinski definition) is 1. The Hall–Kier alpha value is -1.74. The Morgan fingerprint density at radius 1 is 0.912 bits per heavy atom. The van der Waals surface area contributed by atoms with Gasteiger partial charge < -0.3 is 26.6 Å². The maximum Gasteiger partial charge on any atom is 0.0304 e. The number of pyridine rings is 1. The SMILES string of the molecule is Cc1cc(C)c([N-]C(c2cccc(C3[CH-]CCC3)n2)c2ccccc2C(C)C)c(C)c1.[CH3-].[CH3-].[Hf]. The molecule has 1 aromatic heterocycles. The Kier molecular flexibility index (Phi) is 11.9. The third-order valence-electron chi connectivity index (χ3n) is 6.43. The number of rotatable bonds is 6. The molecule has 0 amide bonds. The molecule has 4 rings (SSSR count). The zero-order valence-corrected chi connectivity index (χ0v) is 25.6. The van der Waals surface area contributed by atoms with Crippen molar-refractivity contribution in [2.45, 2.75) is 71.8 Å². The average Bonchev–Trinajstić information content (AvgIpc) is 3.28. The van der Waals surface area contributed by atoms with Gasteiger partial charge in [0.2, 0.25) is 0 Å². The second-order valence-corrected chi connectivity index (χ2v) is 9.32. The van der Waals surface area contributed by atoms with Crippen LogP contribution in [-0.4, -0.2) is 4.98 Å². The molecule has 1 aliphatic rings. The van der Waals surface area contributed by atoms with E-state index in [9.17, 15) is 0 Å². The summed E-state index contributed by atoms with van der Waals surface area (Å²) < 4.78 is 0. The Balaban J connectivity index is 0.00000193. The summed E-state index contributed by atoms with van der Waals surface area (Å²) in [7, 11) is 0. The van der Waals surface area contributed by atoms with Crippen LogP contribution in [0.25, 0.3) is 5.32 Å². The summed E-state index contributed by atoms with van der Waals surface area (Å²) in [6.07, 6.45) is 6.09. The van der Waals surface area contributed by atoms with Crippen LogP contribution in [0.3, 0.4) is 0 Å². The fourth-order valence-electron chi connectivity index (χ4n) is 4.96. The first-order chi connectivity index (χ1) is 14.9. The standard InChI is InChI=1S/C29H34N2.2CH3.Hf/c1-19(2)24-13-8-9-14-25(24)29(31-28-21(4)17-20(3)18-22(28)5)27-16-10-15-26(30-27)23-11-6-7-12-23;;;/h8-11,13-19,23,29H,6-7,12H2,1-5H3;2*1H3;/q-2;2*-1;. The van der Waals surface area contributed by atoms with Crippen molar-refractivity contribution in [3.8, 4) is 0 Å². The molecule has 3 heteroatoms. The van der Waals surface area contributed by atoms with E-state index in [1.54, 1.807) is 0 Å². The molecule has 0 spiro atoms. The maximum atomic E-state index is 5.38. The number of hydrogen-bond donors (Lipinski definition) is 0. The van der Waals surface area contributed by atoms with Crippen LogP contribution >= 0.6 is 0 Å². The van der Waals surface area contributed by atoms with E-state index >= 15 is 0 Å². The predicted molar refractivity (Wildman–Crippen MR) is 144 cm³/mol. The third kappa shape index (κ3) is 6.68. The Bertz CT molecular complexity index is 1030. The van der Waals surface area contributed by atoms with Gasteiger partial charge in [0, 0.05) is 37.2 Å². The molecule has 1 saturated carbocycles. The Morgan fingerprint density at radius 2 is 1.56 bits per heavy atom. The number of benzene rings is 2. The van der Waals surface area contributed by atoms with Crippen molar-refractivity contribution >= 4 is 5.69 Å². The van der Waals surface area contributed by atoms with Gasteiger partial charge in [-0.15, -0.1) is 11.6 Å². The first kappa shape index (κ1) is 30.3. The largest absolute Gasteiger partial charge is 0.673 e. The number of aromatic nitrogens is 1. The maximum absolute atomic E-state index is 5.38. The molecule has 34 heavy (non-hydrogen) atoms. The van der Waals surface area contributed by atoms with E-state index in [2.05, 4.69) is 95.6 Å². The van der Waals surface area contributed by atoms with Crippen molar-refractivity contribution in [1.82, 2.24) is 4.98 Å². The summed E-state index contributed by atoms with van der Waals surface area (Å²) in [5.74, 6) is 0.907. The molecule has 182 valence electrons. The molecule has 2 unspecified atom stereocenters. The summed E-state index contributed by atoms with van der Waals surface area (Å²) in [5.41, 5.74) is 9.67. The van der Waals surface area contributed by atoms with Crippen molar-refractivity contribution in [2.24, 2.45) is 0 Å². The third-order valence-corrected chi connectivity index (χ3v) is 6.43. The molecule has 0 bridgehead atoms. The zero-order valence-electron chi connectivity index (χ0n) is 22.0. The zero-order chi connectivity index (χ0) is 22.0. The van der Waals surface area contributed by atoms with Gasteiger partial charge in [-0.25, -0.2) is 0 Å². The summed E-state index contributed by atoms with van der Waals surface area (Å²) in [5, 5.41) is 5.38. The van der Waals surface area contributed by atoms with Crippen molar-refractivity contribution in [3.63, 3.8) is 0 Å². The summed E-state index contributed by atoms with van der Waals surface area (Å²) in [6, 6.07) is 19.6. The minimum Gasteiger partial charge on any atom is -0.673 e. The van der Waals surface area contributed by atoms with E-state index in [4.69, 9.17) is 10.3 Å². The summed E-state index contributed by atoms with van der Waals surface area (Å²) >= 11 is 0. The van der Waals surface area contributed by atoms with E-state index in [1.165, 1.54) is 52.8 Å². The van der Waals surface area contributed by atoms with Crippen LogP contribution < -0.4 is 0 Å². The summed E-state index contributed by atoms with van der Waals surface area (Å²) in [6.45, 7) is 11.0. The molecule has 0 saturated heterocycles. The van der Waals surface area contributed by atoms with E-state index in [-0.39, 0.29) is 46.7 Å². The molecule has 3 aromatic rings. The molecule has 1 heterocycles. The topological polar surface area (TPSA) is 27.0 Å². The van der Waals surface area contributed by atoms with Gasteiger partial charge >= 0.3 is 0 Å². The quantitative estimate of drug-likeness (QED) is 0.200. The van der Waals surface area contributed by atoms with Crippen LogP contribution in [0.2, 0.25) is 0 Å². The van der Waals surface area contributed by atoms with Gasteiger partial charge in [0.15, 0.2) is 0 Å². The smallest absolute Gasteiger partial charge is 0.0304 e. The van der Waals surface area contributed by atoms with Crippen LogP contribution in [0.4, 0.5) is 5.69 Å². The molecule has 2 atom stereocenters. The minimum atomic E-state index is -0.111.